The molecule has 0 spiro atoms. The summed E-state index contributed by atoms with van der Waals surface area (Å²) in [5.41, 5.74) is 4.10. The fourth-order valence-electron chi connectivity index (χ4n) is 1.71. The van der Waals surface area contributed by atoms with Crippen molar-refractivity contribution in [1.29, 1.82) is 0 Å². The van der Waals surface area contributed by atoms with Crippen LogP contribution in [0.4, 0.5) is 5.69 Å². The summed E-state index contributed by atoms with van der Waals surface area (Å²) in [6.45, 7) is 7.05. The van der Waals surface area contributed by atoms with Gasteiger partial charge in [0.25, 0.3) is 5.91 Å². The third kappa shape index (κ3) is 4.07. The average Bonchev–Trinajstić information content (AvgIpc) is 2.26. The van der Waals surface area contributed by atoms with Gasteiger partial charge in [-0.2, -0.15) is 0 Å². The molecule has 1 aromatic rings. The molecule has 0 aromatic heterocycles. The molecule has 4 heteroatoms. The number of nitrogens with one attached hydrogen (secondary N) is 1. The summed E-state index contributed by atoms with van der Waals surface area (Å²) >= 11 is 0. The van der Waals surface area contributed by atoms with Crippen LogP contribution in [0.15, 0.2) is 24.3 Å². The summed E-state index contributed by atoms with van der Waals surface area (Å²) in [4.78, 5) is 13.8. The van der Waals surface area contributed by atoms with Crippen LogP contribution >= 0.6 is 0 Å². The predicted octanol–water partition coefficient (Wildman–Crippen LogP) is 2.09. The van der Waals surface area contributed by atoms with E-state index in [0.717, 1.165) is 12.2 Å². The topological polar surface area (TPSA) is 58.4 Å². The van der Waals surface area contributed by atoms with Gasteiger partial charge in [0.15, 0.2) is 0 Å². The molecule has 0 saturated heterocycles. The number of benzene rings is 1. The first-order valence-corrected chi connectivity index (χ1v) is 5.65. The minimum absolute atomic E-state index is 0.0310. The first-order valence-electron chi connectivity index (χ1n) is 5.65. The van der Waals surface area contributed by atoms with Gasteiger partial charge < -0.3 is 10.3 Å². The van der Waals surface area contributed by atoms with E-state index < -0.39 is 0 Å². The maximum absolute atomic E-state index is 12.1. The Labute approximate surface area is 103 Å². The van der Waals surface area contributed by atoms with Crippen LogP contribution < -0.4 is 11.3 Å². The molecule has 0 saturated carbocycles. The van der Waals surface area contributed by atoms with E-state index in [4.69, 9.17) is 5.84 Å². The summed E-state index contributed by atoms with van der Waals surface area (Å²) in [5, 5.41) is 0. The van der Waals surface area contributed by atoms with E-state index in [-0.39, 0.29) is 11.3 Å². The van der Waals surface area contributed by atoms with Gasteiger partial charge >= 0.3 is 0 Å². The van der Waals surface area contributed by atoms with Gasteiger partial charge in [-0.3, -0.25) is 10.6 Å². The van der Waals surface area contributed by atoms with E-state index in [0.29, 0.717) is 5.56 Å². The molecule has 0 radical (unpaired) electrons. The average molecular weight is 235 g/mol. The number of hydrogen-bond donors (Lipinski definition) is 2. The van der Waals surface area contributed by atoms with E-state index >= 15 is 0 Å². The number of carbonyl (C=O) groups excluding carboxylic acids is 1. The summed E-state index contributed by atoms with van der Waals surface area (Å²) in [7, 11) is 1.82. The SMILES string of the molecule is CN(CC(C)(C)C)C(=O)c1ccc(NN)cc1. The molecule has 0 bridgehead atoms. The number of carbonyl (C=O) groups is 1. The van der Waals surface area contributed by atoms with Crippen LogP contribution in [-0.4, -0.2) is 24.4 Å². The lowest BCUT2D eigenvalue weighted by atomic mass is 9.96. The molecule has 1 rings (SSSR count). The molecule has 94 valence electrons. The first-order chi connectivity index (χ1) is 7.83. The zero-order chi connectivity index (χ0) is 13.1. The standard InChI is InChI=1S/C13H21N3O/c1-13(2,3)9-16(4)12(17)10-5-7-11(15-14)8-6-10/h5-8,15H,9,14H2,1-4H3. The van der Waals surface area contributed by atoms with Crippen molar-refractivity contribution in [3.63, 3.8) is 0 Å². The Morgan fingerprint density at radius 3 is 2.24 bits per heavy atom. The van der Waals surface area contributed by atoms with Crippen LogP contribution in [0.3, 0.4) is 0 Å². The molecule has 17 heavy (non-hydrogen) atoms. The monoisotopic (exact) mass is 235 g/mol. The van der Waals surface area contributed by atoms with Crippen LogP contribution in [0, 0.1) is 5.41 Å². The van der Waals surface area contributed by atoms with Crippen LogP contribution in [0.25, 0.3) is 0 Å². The molecule has 0 aliphatic heterocycles. The Balaban J connectivity index is 2.75. The van der Waals surface area contributed by atoms with Crippen LogP contribution in [0.2, 0.25) is 0 Å². The van der Waals surface area contributed by atoms with E-state index in [9.17, 15) is 4.79 Å². The number of nitrogens with zero attached hydrogens (tertiary/aromatic N) is 1. The van der Waals surface area contributed by atoms with E-state index in [1.54, 1.807) is 29.2 Å². The van der Waals surface area contributed by atoms with Crippen molar-refractivity contribution in [2.45, 2.75) is 20.8 Å². The largest absolute Gasteiger partial charge is 0.341 e. The van der Waals surface area contributed by atoms with Gasteiger partial charge in [-0.1, -0.05) is 20.8 Å². The normalized spacial score (nSPS) is 11.1. The second kappa shape index (κ2) is 5.19. The molecule has 1 aromatic carbocycles. The second-order valence-corrected chi connectivity index (χ2v) is 5.44. The minimum Gasteiger partial charge on any atom is -0.341 e. The maximum atomic E-state index is 12.1. The molecule has 1 amide bonds. The first kappa shape index (κ1) is 13.5. The maximum Gasteiger partial charge on any atom is 0.253 e. The third-order valence-electron chi connectivity index (χ3n) is 2.36. The van der Waals surface area contributed by atoms with E-state index in [1.807, 2.05) is 7.05 Å². The van der Waals surface area contributed by atoms with Crippen molar-refractivity contribution in [3.05, 3.63) is 29.8 Å². The van der Waals surface area contributed by atoms with Crippen molar-refractivity contribution in [3.8, 4) is 0 Å². The zero-order valence-corrected chi connectivity index (χ0v) is 10.9. The Morgan fingerprint density at radius 1 is 1.29 bits per heavy atom. The smallest absolute Gasteiger partial charge is 0.253 e. The summed E-state index contributed by atoms with van der Waals surface area (Å²) in [6.07, 6.45) is 0. The lowest BCUT2D eigenvalue weighted by Crippen LogP contribution is -2.34. The molecule has 3 N–H and O–H groups in total. The highest BCUT2D eigenvalue weighted by atomic mass is 16.2. The van der Waals surface area contributed by atoms with Crippen molar-refractivity contribution in [1.82, 2.24) is 4.90 Å². The highest BCUT2D eigenvalue weighted by Gasteiger charge is 2.18. The Bertz CT molecular complexity index is 379. The van der Waals surface area contributed by atoms with E-state index in [2.05, 4.69) is 26.2 Å². The number of rotatable bonds is 3. The lowest BCUT2D eigenvalue weighted by molar-refractivity contribution is 0.0745. The summed E-state index contributed by atoms with van der Waals surface area (Å²) < 4.78 is 0. The van der Waals surface area contributed by atoms with Crippen LogP contribution in [0.5, 0.6) is 0 Å². The Morgan fingerprint density at radius 2 is 1.82 bits per heavy atom. The molecular weight excluding hydrogens is 214 g/mol. The van der Waals surface area contributed by atoms with E-state index in [1.165, 1.54) is 0 Å². The Kier molecular flexibility index (Phi) is 4.12. The number of hydrazine groups is 1. The van der Waals surface area contributed by atoms with Crippen molar-refractivity contribution < 1.29 is 4.79 Å². The quantitative estimate of drug-likeness (QED) is 0.623. The molecule has 0 aliphatic carbocycles. The fraction of sp³-hybridized carbons (Fsp3) is 0.462. The van der Waals surface area contributed by atoms with Gasteiger partial charge in [0, 0.05) is 24.8 Å². The highest BCUT2D eigenvalue weighted by molar-refractivity contribution is 5.94. The fourth-order valence-corrected chi connectivity index (χ4v) is 1.71. The van der Waals surface area contributed by atoms with Crippen molar-refractivity contribution in [2.75, 3.05) is 19.0 Å². The minimum atomic E-state index is 0.0310. The summed E-state index contributed by atoms with van der Waals surface area (Å²) in [5.74, 6) is 5.30. The van der Waals surface area contributed by atoms with Crippen LogP contribution in [-0.2, 0) is 0 Å². The highest BCUT2D eigenvalue weighted by Crippen LogP contribution is 2.16. The number of nitrogens with two attached hydrogens (primary N) is 1. The molecule has 4 nitrogen and oxygen atoms in total. The van der Waals surface area contributed by atoms with Gasteiger partial charge in [0.05, 0.1) is 0 Å². The predicted molar refractivity (Wildman–Crippen MR) is 70.7 cm³/mol. The van der Waals surface area contributed by atoms with Crippen molar-refractivity contribution >= 4 is 11.6 Å². The van der Waals surface area contributed by atoms with Crippen molar-refractivity contribution in [2.24, 2.45) is 11.3 Å². The molecule has 0 heterocycles. The Hall–Kier alpha value is -1.55. The number of hydrogen-bond acceptors (Lipinski definition) is 3. The second-order valence-electron chi connectivity index (χ2n) is 5.44. The molecule has 0 aliphatic rings. The van der Waals surface area contributed by atoms with Gasteiger partial charge in [-0.25, -0.2) is 0 Å². The number of nitrogen functional groups attached to an aromatic ring is 1. The van der Waals surface area contributed by atoms with Crippen LogP contribution in [0.1, 0.15) is 31.1 Å². The molecular formula is C13H21N3O. The van der Waals surface area contributed by atoms with Gasteiger partial charge in [-0.15, -0.1) is 0 Å². The zero-order valence-electron chi connectivity index (χ0n) is 10.9. The number of anilines is 1. The van der Waals surface area contributed by atoms with Gasteiger partial charge in [-0.05, 0) is 29.7 Å². The summed E-state index contributed by atoms with van der Waals surface area (Å²) in [6, 6.07) is 7.13. The van der Waals surface area contributed by atoms with Gasteiger partial charge in [0.1, 0.15) is 0 Å². The molecule has 0 unspecified atom stereocenters. The molecule has 0 fully saturated rings. The molecule has 0 atom stereocenters. The third-order valence-corrected chi connectivity index (χ3v) is 2.36. The number of amides is 1. The van der Waals surface area contributed by atoms with Gasteiger partial charge in [0.2, 0.25) is 0 Å². The lowest BCUT2D eigenvalue weighted by Gasteiger charge is -2.26.